The minimum atomic E-state index is -0.380. The summed E-state index contributed by atoms with van der Waals surface area (Å²) >= 11 is 5.93. The van der Waals surface area contributed by atoms with Gasteiger partial charge < -0.3 is 4.74 Å². The summed E-state index contributed by atoms with van der Waals surface area (Å²) < 4.78 is 5.24. The van der Waals surface area contributed by atoms with Gasteiger partial charge in [0, 0.05) is 11.1 Å². The van der Waals surface area contributed by atoms with Crippen LogP contribution in [-0.4, -0.2) is 41.3 Å². The lowest BCUT2D eigenvalue weighted by Gasteiger charge is -2.29. The van der Waals surface area contributed by atoms with Gasteiger partial charge >= 0.3 is 0 Å². The summed E-state index contributed by atoms with van der Waals surface area (Å²) in [6.07, 6.45) is 2.26. The zero-order valence-electron chi connectivity index (χ0n) is 15.8. The van der Waals surface area contributed by atoms with Crippen LogP contribution in [0.1, 0.15) is 36.4 Å². The van der Waals surface area contributed by atoms with Gasteiger partial charge in [0.25, 0.3) is 0 Å². The quantitative estimate of drug-likeness (QED) is 0.718. The van der Waals surface area contributed by atoms with E-state index < -0.39 is 0 Å². The zero-order chi connectivity index (χ0) is 19.7. The van der Waals surface area contributed by atoms with Crippen LogP contribution in [0.3, 0.4) is 0 Å². The number of imide groups is 1. The molecule has 2 saturated heterocycles. The average Bonchev–Trinajstić information content (AvgIpc) is 3.30. The number of benzene rings is 2. The Bertz CT molecular complexity index is 866. The highest BCUT2D eigenvalue weighted by atomic mass is 35.5. The van der Waals surface area contributed by atoms with Gasteiger partial charge in [0.05, 0.1) is 26.1 Å². The first-order valence-electron chi connectivity index (χ1n) is 9.55. The van der Waals surface area contributed by atoms with Crippen molar-refractivity contribution < 1.29 is 14.3 Å². The largest absolute Gasteiger partial charge is 0.497 e. The molecule has 0 radical (unpaired) electrons. The van der Waals surface area contributed by atoms with E-state index in [4.69, 9.17) is 16.3 Å². The van der Waals surface area contributed by atoms with Crippen LogP contribution in [-0.2, 0) is 16.1 Å². The second kappa shape index (κ2) is 7.94. The molecule has 0 spiro atoms. The molecule has 2 amide bonds. The lowest BCUT2D eigenvalue weighted by atomic mass is 10.0. The molecule has 0 aromatic heterocycles. The first kappa shape index (κ1) is 19.0. The van der Waals surface area contributed by atoms with Gasteiger partial charge in [0.2, 0.25) is 11.8 Å². The maximum absolute atomic E-state index is 13.1. The van der Waals surface area contributed by atoms with Gasteiger partial charge in [-0.25, -0.2) is 0 Å². The van der Waals surface area contributed by atoms with E-state index in [2.05, 4.69) is 17.0 Å². The molecular weight excluding hydrogens is 376 g/mol. The van der Waals surface area contributed by atoms with E-state index in [1.54, 1.807) is 19.2 Å². The summed E-state index contributed by atoms with van der Waals surface area (Å²) in [6.45, 7) is 1.13. The van der Waals surface area contributed by atoms with Gasteiger partial charge in [0.15, 0.2) is 0 Å². The van der Waals surface area contributed by atoms with E-state index in [1.165, 1.54) is 4.90 Å². The maximum Gasteiger partial charge on any atom is 0.247 e. The van der Waals surface area contributed by atoms with Crippen molar-refractivity contribution in [2.45, 2.75) is 37.9 Å². The second-order valence-corrected chi connectivity index (χ2v) is 7.77. The van der Waals surface area contributed by atoms with E-state index in [9.17, 15) is 9.59 Å². The Morgan fingerprint density at radius 2 is 1.75 bits per heavy atom. The van der Waals surface area contributed by atoms with Gasteiger partial charge in [-0.2, -0.15) is 0 Å². The molecule has 5 nitrogen and oxygen atoms in total. The molecule has 0 aliphatic carbocycles. The van der Waals surface area contributed by atoms with Crippen molar-refractivity contribution in [1.82, 2.24) is 9.80 Å². The number of methoxy groups -OCH3 is 1. The highest BCUT2D eigenvalue weighted by molar-refractivity contribution is 6.30. The van der Waals surface area contributed by atoms with Crippen molar-refractivity contribution in [2.75, 3.05) is 13.7 Å². The third-order valence-electron chi connectivity index (χ3n) is 5.67. The average molecular weight is 399 g/mol. The van der Waals surface area contributed by atoms with Crippen molar-refractivity contribution in [3.63, 3.8) is 0 Å². The van der Waals surface area contributed by atoms with Crippen molar-refractivity contribution in [1.29, 1.82) is 0 Å². The predicted molar refractivity (Wildman–Crippen MR) is 107 cm³/mol. The van der Waals surface area contributed by atoms with E-state index in [0.29, 0.717) is 11.6 Å². The molecule has 4 rings (SSSR count). The normalized spacial score (nSPS) is 22.9. The Hall–Kier alpha value is -2.37. The van der Waals surface area contributed by atoms with Gasteiger partial charge in [0.1, 0.15) is 5.75 Å². The Morgan fingerprint density at radius 1 is 1.04 bits per heavy atom. The van der Waals surface area contributed by atoms with Crippen LogP contribution in [0.5, 0.6) is 5.75 Å². The standard InChI is InChI=1S/C22H23ClN2O3/c1-28-18-10-6-16(7-11-18)19-3-2-12-24(19)20-13-21(26)25(22(20)27)14-15-4-8-17(23)9-5-15/h4-11,19-20H,2-3,12-14H2,1H3/t19-,20-/m0/s1. The third-order valence-corrected chi connectivity index (χ3v) is 5.92. The van der Waals surface area contributed by atoms with Crippen LogP contribution >= 0.6 is 11.6 Å². The fraction of sp³-hybridized carbons (Fsp3) is 0.364. The van der Waals surface area contributed by atoms with Crippen LogP contribution in [0.15, 0.2) is 48.5 Å². The minimum absolute atomic E-state index is 0.0969. The molecule has 0 unspecified atom stereocenters. The number of hydrogen-bond donors (Lipinski definition) is 0. The summed E-state index contributed by atoms with van der Waals surface area (Å²) in [5.41, 5.74) is 2.06. The lowest BCUT2D eigenvalue weighted by molar-refractivity contribution is -0.140. The molecule has 2 atom stereocenters. The molecule has 28 heavy (non-hydrogen) atoms. The molecule has 2 aliphatic rings. The Balaban J connectivity index is 1.50. The van der Waals surface area contributed by atoms with Crippen LogP contribution in [0.2, 0.25) is 5.02 Å². The molecule has 0 saturated carbocycles. The fourth-order valence-corrected chi connectivity index (χ4v) is 4.34. The lowest BCUT2D eigenvalue weighted by Crippen LogP contribution is -2.41. The van der Waals surface area contributed by atoms with E-state index in [-0.39, 0.29) is 30.3 Å². The number of amides is 2. The van der Waals surface area contributed by atoms with Crippen LogP contribution in [0, 0.1) is 0 Å². The summed E-state index contributed by atoms with van der Waals surface area (Å²) in [7, 11) is 1.65. The molecular formula is C22H23ClN2O3. The summed E-state index contributed by atoms with van der Waals surface area (Å²) in [5, 5.41) is 0.639. The first-order valence-corrected chi connectivity index (χ1v) is 9.93. The SMILES string of the molecule is COc1ccc([C@@H]2CCCN2[C@H]2CC(=O)N(Cc3ccc(Cl)cc3)C2=O)cc1. The molecule has 2 heterocycles. The predicted octanol–water partition coefficient (Wildman–Crippen LogP) is 3.81. The number of carbonyl (C=O) groups is 2. The van der Waals surface area contributed by atoms with Gasteiger partial charge in [-0.1, -0.05) is 35.9 Å². The second-order valence-electron chi connectivity index (χ2n) is 7.33. The molecule has 2 aromatic carbocycles. The third kappa shape index (κ3) is 3.64. The molecule has 2 fully saturated rings. The molecule has 0 N–H and O–H groups in total. The smallest absolute Gasteiger partial charge is 0.247 e. The topological polar surface area (TPSA) is 49.9 Å². The Morgan fingerprint density at radius 3 is 2.43 bits per heavy atom. The Labute approximate surface area is 169 Å². The van der Waals surface area contributed by atoms with Crippen LogP contribution in [0.4, 0.5) is 0 Å². The molecule has 6 heteroatoms. The number of likely N-dealkylation sites (tertiary alicyclic amines) is 2. The summed E-state index contributed by atoms with van der Waals surface area (Å²) in [6, 6.07) is 15.0. The van der Waals surface area contributed by atoms with Gasteiger partial charge in [-0.3, -0.25) is 19.4 Å². The molecule has 2 aromatic rings. The summed E-state index contributed by atoms with van der Waals surface area (Å²) in [5.74, 6) is 0.611. The number of nitrogens with zero attached hydrogens (tertiary/aromatic N) is 2. The first-order chi connectivity index (χ1) is 13.6. The Kier molecular flexibility index (Phi) is 5.38. The highest BCUT2D eigenvalue weighted by Gasteiger charge is 2.45. The van der Waals surface area contributed by atoms with Gasteiger partial charge in [-0.15, -0.1) is 0 Å². The van der Waals surface area contributed by atoms with Crippen molar-refractivity contribution in [2.24, 2.45) is 0 Å². The van der Waals surface area contributed by atoms with Crippen molar-refractivity contribution >= 4 is 23.4 Å². The molecule has 2 aliphatic heterocycles. The highest BCUT2D eigenvalue weighted by Crippen LogP contribution is 2.37. The van der Waals surface area contributed by atoms with E-state index in [1.807, 2.05) is 24.3 Å². The fourth-order valence-electron chi connectivity index (χ4n) is 4.21. The maximum atomic E-state index is 13.1. The molecule has 0 bridgehead atoms. The van der Waals surface area contributed by atoms with Crippen molar-refractivity contribution in [3.8, 4) is 5.75 Å². The zero-order valence-corrected chi connectivity index (χ0v) is 16.6. The molecule has 146 valence electrons. The van der Waals surface area contributed by atoms with E-state index in [0.717, 1.165) is 36.3 Å². The van der Waals surface area contributed by atoms with Crippen molar-refractivity contribution in [3.05, 3.63) is 64.7 Å². The van der Waals surface area contributed by atoms with E-state index >= 15 is 0 Å². The number of ether oxygens (including phenoxy) is 1. The number of halogens is 1. The van der Waals surface area contributed by atoms with Gasteiger partial charge in [-0.05, 0) is 54.8 Å². The van der Waals surface area contributed by atoms with Crippen LogP contribution < -0.4 is 4.74 Å². The van der Waals surface area contributed by atoms with Crippen LogP contribution in [0.25, 0.3) is 0 Å². The number of rotatable bonds is 5. The monoisotopic (exact) mass is 398 g/mol. The number of carbonyl (C=O) groups excluding carboxylic acids is 2. The minimum Gasteiger partial charge on any atom is -0.497 e. The number of hydrogen-bond acceptors (Lipinski definition) is 4. The summed E-state index contributed by atoms with van der Waals surface area (Å²) in [4.78, 5) is 29.2.